The molecular weight excluding hydrogens is 207 g/mol. The first-order valence-electron chi connectivity index (χ1n) is 4.27. The molecular formula is C10H8ClFO2. The van der Waals surface area contributed by atoms with Gasteiger partial charge in [-0.25, -0.2) is 4.39 Å². The fourth-order valence-corrected chi connectivity index (χ4v) is 1.79. The average molecular weight is 215 g/mol. The number of benzene rings is 1. The van der Waals surface area contributed by atoms with Crippen molar-refractivity contribution in [2.24, 2.45) is 5.92 Å². The Morgan fingerprint density at radius 1 is 1.57 bits per heavy atom. The fourth-order valence-electron chi connectivity index (χ4n) is 1.61. The van der Waals surface area contributed by atoms with Crippen LogP contribution in [-0.4, -0.2) is 11.1 Å². The van der Waals surface area contributed by atoms with E-state index in [9.17, 15) is 9.18 Å². The lowest BCUT2D eigenvalue weighted by Gasteiger charge is -2.01. The van der Waals surface area contributed by atoms with Crippen molar-refractivity contribution in [1.29, 1.82) is 0 Å². The van der Waals surface area contributed by atoms with Crippen LogP contribution in [0.4, 0.5) is 4.39 Å². The SMILES string of the molecule is O=C(O)[C@H]1C[C@@H]1c1cc(Cl)ccc1F. The zero-order chi connectivity index (χ0) is 10.3. The summed E-state index contributed by atoms with van der Waals surface area (Å²) in [5.41, 5.74) is 0.421. The molecule has 1 N–H and O–H groups in total. The lowest BCUT2D eigenvalue weighted by Crippen LogP contribution is -2.00. The number of hydrogen-bond donors (Lipinski definition) is 1. The van der Waals surface area contributed by atoms with Crippen molar-refractivity contribution in [3.8, 4) is 0 Å². The van der Waals surface area contributed by atoms with Crippen LogP contribution in [0.15, 0.2) is 18.2 Å². The third-order valence-corrected chi connectivity index (χ3v) is 2.70. The molecule has 4 heteroatoms. The van der Waals surface area contributed by atoms with Crippen molar-refractivity contribution in [2.45, 2.75) is 12.3 Å². The molecule has 0 aromatic heterocycles. The smallest absolute Gasteiger partial charge is 0.307 e. The highest BCUT2D eigenvalue weighted by Gasteiger charge is 2.45. The van der Waals surface area contributed by atoms with E-state index in [-0.39, 0.29) is 11.7 Å². The highest BCUT2D eigenvalue weighted by molar-refractivity contribution is 6.30. The zero-order valence-electron chi connectivity index (χ0n) is 7.21. The number of carboxylic acids is 1. The molecule has 2 nitrogen and oxygen atoms in total. The maximum atomic E-state index is 13.2. The molecule has 14 heavy (non-hydrogen) atoms. The van der Waals surface area contributed by atoms with Crippen LogP contribution >= 0.6 is 11.6 Å². The Kier molecular flexibility index (Phi) is 2.19. The molecule has 1 aliphatic rings. The van der Waals surface area contributed by atoms with Crippen molar-refractivity contribution in [3.05, 3.63) is 34.6 Å². The van der Waals surface area contributed by atoms with Gasteiger partial charge in [0.1, 0.15) is 5.82 Å². The molecule has 0 heterocycles. The van der Waals surface area contributed by atoms with Crippen LogP contribution in [0.1, 0.15) is 17.9 Å². The third kappa shape index (κ3) is 1.60. The monoisotopic (exact) mass is 214 g/mol. The Morgan fingerprint density at radius 2 is 2.29 bits per heavy atom. The maximum Gasteiger partial charge on any atom is 0.307 e. The van der Waals surface area contributed by atoms with Crippen LogP contribution in [0.3, 0.4) is 0 Å². The van der Waals surface area contributed by atoms with E-state index < -0.39 is 11.9 Å². The van der Waals surface area contributed by atoms with Crippen LogP contribution in [0, 0.1) is 11.7 Å². The van der Waals surface area contributed by atoms with Gasteiger partial charge in [0.2, 0.25) is 0 Å². The van der Waals surface area contributed by atoms with Crippen molar-refractivity contribution >= 4 is 17.6 Å². The van der Waals surface area contributed by atoms with E-state index >= 15 is 0 Å². The Morgan fingerprint density at radius 3 is 2.86 bits per heavy atom. The summed E-state index contributed by atoms with van der Waals surface area (Å²) in [6.07, 6.45) is 0.507. The number of hydrogen-bond acceptors (Lipinski definition) is 1. The highest BCUT2D eigenvalue weighted by atomic mass is 35.5. The van der Waals surface area contributed by atoms with Crippen LogP contribution in [0.25, 0.3) is 0 Å². The van der Waals surface area contributed by atoms with Gasteiger partial charge in [0, 0.05) is 10.9 Å². The lowest BCUT2D eigenvalue weighted by molar-refractivity contribution is -0.138. The van der Waals surface area contributed by atoms with E-state index in [4.69, 9.17) is 16.7 Å². The largest absolute Gasteiger partial charge is 0.481 e. The molecule has 1 fully saturated rings. The first kappa shape index (κ1) is 9.46. The Hall–Kier alpha value is -1.09. The summed E-state index contributed by atoms with van der Waals surface area (Å²) >= 11 is 5.70. The molecule has 0 bridgehead atoms. The van der Waals surface area contributed by atoms with Gasteiger partial charge >= 0.3 is 5.97 Å². The van der Waals surface area contributed by atoms with Gasteiger partial charge in [-0.2, -0.15) is 0 Å². The van der Waals surface area contributed by atoms with Crippen LogP contribution in [-0.2, 0) is 4.79 Å². The van der Waals surface area contributed by atoms with Gasteiger partial charge in [0.25, 0.3) is 0 Å². The van der Waals surface area contributed by atoms with E-state index in [1.54, 1.807) is 0 Å². The summed E-state index contributed by atoms with van der Waals surface area (Å²) in [6.45, 7) is 0. The minimum absolute atomic E-state index is 0.203. The summed E-state index contributed by atoms with van der Waals surface area (Å²) in [7, 11) is 0. The molecule has 2 atom stereocenters. The molecule has 0 unspecified atom stereocenters. The first-order chi connectivity index (χ1) is 6.59. The predicted molar refractivity (Wildman–Crippen MR) is 49.9 cm³/mol. The summed E-state index contributed by atoms with van der Waals surface area (Å²) in [5.74, 6) is -1.88. The van der Waals surface area contributed by atoms with Crippen LogP contribution < -0.4 is 0 Å². The number of halogens is 2. The van der Waals surface area contributed by atoms with E-state index in [1.807, 2.05) is 0 Å². The van der Waals surface area contributed by atoms with Gasteiger partial charge < -0.3 is 5.11 Å². The minimum atomic E-state index is -0.866. The van der Waals surface area contributed by atoms with Crippen molar-refractivity contribution in [2.75, 3.05) is 0 Å². The van der Waals surface area contributed by atoms with Crippen LogP contribution in [0.2, 0.25) is 5.02 Å². The quantitative estimate of drug-likeness (QED) is 0.822. The topological polar surface area (TPSA) is 37.3 Å². The summed E-state index contributed by atoms with van der Waals surface area (Å²) in [5, 5.41) is 9.13. The zero-order valence-corrected chi connectivity index (χ0v) is 7.96. The summed E-state index contributed by atoms with van der Waals surface area (Å²) < 4.78 is 13.2. The second kappa shape index (κ2) is 3.24. The fraction of sp³-hybridized carbons (Fsp3) is 0.300. The molecule has 0 aliphatic heterocycles. The van der Waals surface area contributed by atoms with E-state index in [0.29, 0.717) is 17.0 Å². The number of rotatable bonds is 2. The minimum Gasteiger partial charge on any atom is -0.481 e. The van der Waals surface area contributed by atoms with Gasteiger partial charge in [-0.15, -0.1) is 0 Å². The molecule has 1 aromatic rings. The molecule has 2 rings (SSSR count). The number of carboxylic acid groups (broad SMARTS) is 1. The van der Waals surface area contributed by atoms with Crippen molar-refractivity contribution < 1.29 is 14.3 Å². The summed E-state index contributed by atoms with van der Waals surface area (Å²) in [6, 6.07) is 4.23. The van der Waals surface area contributed by atoms with E-state index in [2.05, 4.69) is 0 Å². The average Bonchev–Trinajstić information content (AvgIpc) is 2.88. The van der Waals surface area contributed by atoms with E-state index in [0.717, 1.165) is 0 Å². The lowest BCUT2D eigenvalue weighted by atomic mass is 10.1. The normalized spacial score (nSPS) is 24.7. The summed E-state index contributed by atoms with van der Waals surface area (Å²) in [4.78, 5) is 10.6. The molecule has 1 saturated carbocycles. The first-order valence-corrected chi connectivity index (χ1v) is 4.65. The van der Waals surface area contributed by atoms with Gasteiger partial charge in [-0.05, 0) is 30.2 Å². The van der Waals surface area contributed by atoms with Gasteiger partial charge in [-0.3, -0.25) is 4.79 Å². The Bertz CT molecular complexity index is 392. The maximum absolute atomic E-state index is 13.2. The second-order valence-corrected chi connectivity index (χ2v) is 3.89. The molecule has 0 amide bonds. The Balaban J connectivity index is 2.26. The van der Waals surface area contributed by atoms with E-state index in [1.165, 1.54) is 18.2 Å². The van der Waals surface area contributed by atoms with Gasteiger partial charge in [-0.1, -0.05) is 11.6 Å². The Labute approximate surface area is 85.3 Å². The molecule has 0 radical (unpaired) electrons. The third-order valence-electron chi connectivity index (χ3n) is 2.47. The molecule has 1 aliphatic carbocycles. The van der Waals surface area contributed by atoms with Crippen LogP contribution in [0.5, 0.6) is 0 Å². The van der Waals surface area contributed by atoms with Gasteiger partial charge in [0.15, 0.2) is 0 Å². The standard InChI is InChI=1S/C10H8ClFO2/c11-5-1-2-9(12)7(3-5)6-4-8(6)10(13)14/h1-3,6,8H,4H2,(H,13,14)/t6-,8+/m1/s1. The molecule has 0 saturated heterocycles. The van der Waals surface area contributed by atoms with Gasteiger partial charge in [0.05, 0.1) is 5.92 Å². The molecule has 0 spiro atoms. The second-order valence-electron chi connectivity index (χ2n) is 3.45. The van der Waals surface area contributed by atoms with Crippen molar-refractivity contribution in [1.82, 2.24) is 0 Å². The molecule has 74 valence electrons. The number of carbonyl (C=O) groups is 1. The predicted octanol–water partition coefficient (Wildman–Crippen LogP) is 2.67. The molecule has 1 aromatic carbocycles. The highest BCUT2D eigenvalue weighted by Crippen LogP contribution is 2.48. The van der Waals surface area contributed by atoms with Crippen molar-refractivity contribution in [3.63, 3.8) is 0 Å². The number of aliphatic carboxylic acids is 1.